The van der Waals surface area contributed by atoms with Crippen molar-refractivity contribution < 1.29 is 54.9 Å². The van der Waals surface area contributed by atoms with Crippen molar-refractivity contribution in [1.29, 1.82) is 0 Å². The smallest absolute Gasteiger partial charge is 0.345 e. The normalized spacial score (nSPS) is 12.3. The molecule has 7 N–H and O–H groups in total. The molecule has 11 nitrogen and oxygen atoms in total. The highest BCUT2D eigenvalue weighted by atomic mass is 16.6. The Morgan fingerprint density at radius 2 is 1.51 bits per heavy atom. The molecule has 39 heavy (non-hydrogen) atoms. The van der Waals surface area contributed by atoms with Crippen molar-refractivity contribution in [3.05, 3.63) is 82.4 Å². The highest BCUT2D eigenvalue weighted by Crippen LogP contribution is 2.38. The number of carbonyl (C=O) groups excluding carboxylic acids is 1. The van der Waals surface area contributed by atoms with E-state index in [-0.39, 0.29) is 28.9 Å². The van der Waals surface area contributed by atoms with Gasteiger partial charge in [-0.1, -0.05) is 18.2 Å². The van der Waals surface area contributed by atoms with Crippen LogP contribution >= 0.6 is 0 Å². The molecule has 0 amide bonds. The van der Waals surface area contributed by atoms with Gasteiger partial charge in [0.05, 0.1) is 5.57 Å². The Hall–Kier alpha value is -5.45. The Labute approximate surface area is 221 Å². The van der Waals surface area contributed by atoms with E-state index in [1.54, 1.807) is 6.92 Å². The van der Waals surface area contributed by atoms with E-state index in [2.05, 4.69) is 0 Å². The van der Waals surface area contributed by atoms with Gasteiger partial charge >= 0.3 is 17.9 Å². The first-order valence-corrected chi connectivity index (χ1v) is 11.3. The lowest BCUT2D eigenvalue weighted by Crippen LogP contribution is -2.28. The minimum Gasteiger partial charge on any atom is -0.508 e. The summed E-state index contributed by atoms with van der Waals surface area (Å²) in [5.74, 6) is -6.35. The van der Waals surface area contributed by atoms with Crippen molar-refractivity contribution >= 4 is 35.6 Å². The predicted molar refractivity (Wildman–Crippen MR) is 138 cm³/mol. The summed E-state index contributed by atoms with van der Waals surface area (Å²) in [5.41, 5.74) is 0.308. The molecule has 0 aliphatic heterocycles. The predicted octanol–water partition coefficient (Wildman–Crippen LogP) is 3.40. The van der Waals surface area contributed by atoms with Crippen molar-refractivity contribution in [1.82, 2.24) is 0 Å². The lowest BCUT2D eigenvalue weighted by molar-refractivity contribution is -0.160. The average molecular weight is 536 g/mol. The van der Waals surface area contributed by atoms with Crippen LogP contribution in [0.4, 0.5) is 0 Å². The summed E-state index contributed by atoms with van der Waals surface area (Å²) < 4.78 is 4.99. The number of hydrogen-bond acceptors (Lipinski definition) is 9. The number of ether oxygens (including phenoxy) is 1. The molecule has 0 aromatic heterocycles. The van der Waals surface area contributed by atoms with Crippen LogP contribution in [0.3, 0.4) is 0 Å². The van der Waals surface area contributed by atoms with E-state index >= 15 is 0 Å². The Morgan fingerprint density at radius 3 is 2.13 bits per heavy atom. The summed E-state index contributed by atoms with van der Waals surface area (Å²) in [6.07, 6.45) is 1.12. The monoisotopic (exact) mass is 536 g/mol. The van der Waals surface area contributed by atoms with Crippen LogP contribution < -0.4 is 0 Å². The molecule has 1 unspecified atom stereocenters. The van der Waals surface area contributed by atoms with Crippen LogP contribution in [-0.4, -0.2) is 59.8 Å². The van der Waals surface area contributed by atoms with E-state index in [1.165, 1.54) is 36.4 Å². The van der Waals surface area contributed by atoms with Gasteiger partial charge in [-0.15, -0.1) is 0 Å². The lowest BCUT2D eigenvalue weighted by atomic mass is 9.95. The van der Waals surface area contributed by atoms with Gasteiger partial charge in [0.25, 0.3) is 0 Å². The molecule has 1 atom stereocenters. The molecule has 0 radical (unpaired) electrons. The molecule has 0 saturated carbocycles. The summed E-state index contributed by atoms with van der Waals surface area (Å²) in [6.45, 7) is 1.60. The van der Waals surface area contributed by atoms with Gasteiger partial charge in [-0.25, -0.2) is 14.4 Å². The molecule has 0 aliphatic carbocycles. The number of aromatic hydroxyl groups is 5. The van der Waals surface area contributed by atoms with Gasteiger partial charge in [0.15, 0.2) is 23.0 Å². The van der Waals surface area contributed by atoms with Gasteiger partial charge in [0.1, 0.15) is 5.75 Å². The molecule has 0 spiro atoms. The second-order valence-corrected chi connectivity index (χ2v) is 8.43. The van der Waals surface area contributed by atoms with Crippen molar-refractivity contribution in [3.8, 4) is 28.7 Å². The van der Waals surface area contributed by atoms with Crippen molar-refractivity contribution in [3.63, 3.8) is 0 Å². The number of aryl methyl sites for hydroxylation is 1. The molecule has 0 fully saturated rings. The van der Waals surface area contributed by atoms with Gasteiger partial charge in [-0.3, -0.25) is 0 Å². The maximum atomic E-state index is 12.4. The quantitative estimate of drug-likeness (QED) is 0.0914. The number of carboxylic acid groups (broad SMARTS) is 2. The molecule has 3 aromatic rings. The molecule has 0 aliphatic rings. The number of carboxylic acids is 2. The van der Waals surface area contributed by atoms with Gasteiger partial charge in [0.2, 0.25) is 6.10 Å². The van der Waals surface area contributed by atoms with Crippen molar-refractivity contribution in [2.24, 2.45) is 0 Å². The van der Waals surface area contributed by atoms with Crippen molar-refractivity contribution in [2.75, 3.05) is 0 Å². The Balaban J connectivity index is 1.93. The summed E-state index contributed by atoms with van der Waals surface area (Å²) in [7, 11) is 0. The number of hydrogen-bond donors (Lipinski definition) is 7. The van der Waals surface area contributed by atoms with Crippen LogP contribution in [0, 0.1) is 6.92 Å². The first-order valence-electron chi connectivity index (χ1n) is 11.3. The van der Waals surface area contributed by atoms with Crippen molar-refractivity contribution in [2.45, 2.75) is 19.4 Å². The summed E-state index contributed by atoms with van der Waals surface area (Å²) in [4.78, 5) is 36.2. The maximum Gasteiger partial charge on any atom is 0.345 e. The second-order valence-electron chi connectivity index (χ2n) is 8.43. The third kappa shape index (κ3) is 6.86. The first-order chi connectivity index (χ1) is 18.4. The Bertz CT molecular complexity index is 1500. The summed E-state index contributed by atoms with van der Waals surface area (Å²) in [5, 5.41) is 68.6. The Kier molecular flexibility index (Phi) is 8.46. The third-order valence-corrected chi connectivity index (χ3v) is 5.61. The SMILES string of the molecule is Cc1cc(/C=C(/C(=O)O)c2c(/C=C/C(=O)OC(Cc3ccc(O)c(O)c3)C(=O)O)ccc(O)c2O)ccc1O. The standard InChI is InChI=1S/C28H24O11/c1-14-10-15(2-6-19(14)29)11-18(27(35)36)25-17(4-8-21(31)26(25)34)5-9-24(33)39-23(28(37)38)13-16-3-7-20(30)22(32)12-16/h2-12,23,29-32,34H,13H2,1H3,(H,35,36)(H,37,38)/b9-5+,18-11+. The second kappa shape index (κ2) is 11.7. The van der Waals surface area contributed by atoms with Gasteiger partial charge in [-0.05, 0) is 71.7 Å². The largest absolute Gasteiger partial charge is 0.508 e. The van der Waals surface area contributed by atoms with Crippen LogP contribution in [0.15, 0.2) is 54.6 Å². The van der Waals surface area contributed by atoms with E-state index in [0.717, 1.165) is 30.4 Å². The number of esters is 1. The third-order valence-electron chi connectivity index (χ3n) is 5.61. The highest BCUT2D eigenvalue weighted by molar-refractivity contribution is 6.22. The minimum atomic E-state index is -1.66. The minimum absolute atomic E-state index is 0.00626. The van der Waals surface area contributed by atoms with Crippen LogP contribution in [0.5, 0.6) is 28.7 Å². The Morgan fingerprint density at radius 1 is 0.846 bits per heavy atom. The fourth-order valence-corrected chi connectivity index (χ4v) is 3.62. The fourth-order valence-electron chi connectivity index (χ4n) is 3.62. The van der Waals surface area contributed by atoms with Crippen LogP contribution in [0.2, 0.25) is 0 Å². The van der Waals surface area contributed by atoms with Gasteiger partial charge < -0.3 is 40.5 Å². The van der Waals surface area contributed by atoms with Crippen LogP contribution in [0.1, 0.15) is 27.8 Å². The van der Waals surface area contributed by atoms with E-state index < -0.39 is 52.6 Å². The van der Waals surface area contributed by atoms with Crippen LogP contribution in [0.25, 0.3) is 17.7 Å². The molecule has 0 heterocycles. The molecule has 3 rings (SSSR count). The zero-order valence-electron chi connectivity index (χ0n) is 20.4. The molecule has 3 aromatic carbocycles. The van der Waals surface area contributed by atoms with Gasteiger partial charge in [-0.2, -0.15) is 0 Å². The number of aliphatic carboxylic acids is 2. The van der Waals surface area contributed by atoms with Crippen LogP contribution in [-0.2, 0) is 25.5 Å². The molecule has 0 bridgehead atoms. The number of phenolic OH excluding ortho intramolecular Hbond substituents is 5. The lowest BCUT2D eigenvalue weighted by Gasteiger charge is -2.14. The molecular formula is C28H24O11. The summed E-state index contributed by atoms with van der Waals surface area (Å²) in [6, 6.07) is 10.2. The number of carbonyl (C=O) groups is 3. The van der Waals surface area contributed by atoms with Gasteiger partial charge in [0, 0.05) is 18.1 Å². The van der Waals surface area contributed by atoms with E-state index in [4.69, 9.17) is 4.74 Å². The number of benzene rings is 3. The number of phenols is 5. The topological polar surface area (TPSA) is 202 Å². The highest BCUT2D eigenvalue weighted by Gasteiger charge is 2.24. The summed E-state index contributed by atoms with van der Waals surface area (Å²) >= 11 is 0. The molecule has 11 heteroatoms. The molecular weight excluding hydrogens is 512 g/mol. The molecule has 0 saturated heterocycles. The fraction of sp³-hybridized carbons (Fsp3) is 0.107. The average Bonchev–Trinajstić information content (AvgIpc) is 2.87. The number of rotatable bonds is 9. The zero-order chi connectivity index (χ0) is 28.9. The maximum absolute atomic E-state index is 12.4. The van der Waals surface area contributed by atoms with E-state index in [0.29, 0.717) is 11.1 Å². The van der Waals surface area contributed by atoms with E-state index in [9.17, 15) is 50.1 Å². The zero-order valence-corrected chi connectivity index (χ0v) is 20.4. The molecule has 202 valence electrons. The van der Waals surface area contributed by atoms with E-state index in [1.807, 2.05) is 0 Å². The first kappa shape index (κ1) is 28.1.